The fraction of sp³-hybridized carbons (Fsp3) is 0.810. The van der Waals surface area contributed by atoms with Crippen LogP contribution in [0.3, 0.4) is 0 Å². The summed E-state index contributed by atoms with van der Waals surface area (Å²) < 4.78 is 5.93. The van der Waals surface area contributed by atoms with E-state index in [1.807, 2.05) is 0 Å². The molecule has 142 valence electrons. The maximum Gasteiger partial charge on any atom is 0.331 e. The summed E-state index contributed by atoms with van der Waals surface area (Å²) in [5, 5.41) is 8.72. The van der Waals surface area contributed by atoms with Crippen LogP contribution in [0, 0.1) is 17.3 Å². The minimum atomic E-state index is -1.11. The van der Waals surface area contributed by atoms with Gasteiger partial charge < -0.3 is 9.84 Å². The Morgan fingerprint density at radius 3 is 2.20 bits per heavy atom. The number of ether oxygens (including phenoxy) is 1. The highest BCUT2D eigenvalue weighted by Crippen LogP contribution is 2.49. The molecule has 4 heteroatoms. The number of hydrogen-bond donors (Lipinski definition) is 1. The maximum atomic E-state index is 12.2. The van der Waals surface area contributed by atoms with Gasteiger partial charge in [-0.25, -0.2) is 9.59 Å². The molecule has 2 rings (SSSR count). The molecule has 2 fully saturated rings. The quantitative estimate of drug-likeness (QED) is 0.534. The summed E-state index contributed by atoms with van der Waals surface area (Å²) in [6.45, 7) is 7.00. The molecule has 2 saturated carbocycles. The van der Waals surface area contributed by atoms with Gasteiger partial charge in [0.25, 0.3) is 0 Å². The topological polar surface area (TPSA) is 63.6 Å². The SMILES string of the molecule is CCC(C)(C)C1CCC(C2(OC(=O)/C=C/C(=O)O)CCCCC2)CC1. The molecule has 2 aliphatic carbocycles. The monoisotopic (exact) mass is 350 g/mol. The average molecular weight is 350 g/mol. The molecule has 0 radical (unpaired) electrons. The standard InChI is InChI=1S/C21H34O4/c1-4-20(2,3)16-8-10-17(11-9-16)21(14-6-5-7-15-21)25-19(24)13-12-18(22)23/h12-13,16-17H,4-11,14-15H2,1-3H3,(H,22,23)/b13-12+. The predicted molar refractivity (Wildman–Crippen MR) is 98.2 cm³/mol. The number of carboxylic acids is 1. The molecule has 0 aromatic carbocycles. The van der Waals surface area contributed by atoms with E-state index in [0.29, 0.717) is 11.3 Å². The first-order chi connectivity index (χ1) is 11.8. The minimum Gasteiger partial charge on any atom is -0.478 e. The van der Waals surface area contributed by atoms with Gasteiger partial charge >= 0.3 is 11.9 Å². The van der Waals surface area contributed by atoms with Crippen molar-refractivity contribution in [3.05, 3.63) is 12.2 Å². The Balaban J connectivity index is 2.05. The minimum absolute atomic E-state index is 0.375. The first kappa shape index (κ1) is 20.0. The predicted octanol–water partition coefficient (Wildman–Crippen LogP) is 5.12. The Bertz CT molecular complexity index is 492. The second-order valence-electron chi connectivity index (χ2n) is 8.61. The molecular weight excluding hydrogens is 316 g/mol. The van der Waals surface area contributed by atoms with E-state index >= 15 is 0 Å². The van der Waals surface area contributed by atoms with Crippen LogP contribution in [0.15, 0.2) is 12.2 Å². The number of carbonyl (C=O) groups is 2. The average Bonchev–Trinajstić information content (AvgIpc) is 2.61. The van der Waals surface area contributed by atoms with Gasteiger partial charge in [-0.3, -0.25) is 0 Å². The van der Waals surface area contributed by atoms with E-state index in [2.05, 4.69) is 20.8 Å². The van der Waals surface area contributed by atoms with E-state index in [4.69, 9.17) is 9.84 Å². The Labute approximate surface area is 152 Å². The first-order valence-corrected chi connectivity index (χ1v) is 9.93. The van der Waals surface area contributed by atoms with E-state index in [-0.39, 0.29) is 5.60 Å². The van der Waals surface area contributed by atoms with Crippen molar-refractivity contribution in [2.75, 3.05) is 0 Å². The second kappa shape index (κ2) is 8.37. The normalized spacial score (nSPS) is 27.2. The molecule has 25 heavy (non-hydrogen) atoms. The van der Waals surface area contributed by atoms with Gasteiger partial charge in [0.2, 0.25) is 0 Å². The third kappa shape index (κ3) is 5.08. The van der Waals surface area contributed by atoms with Crippen molar-refractivity contribution in [1.82, 2.24) is 0 Å². The summed E-state index contributed by atoms with van der Waals surface area (Å²) in [6.07, 6.45) is 13.0. The Kier molecular flexibility index (Phi) is 6.70. The van der Waals surface area contributed by atoms with Gasteiger partial charge in [-0.1, -0.05) is 33.6 Å². The van der Waals surface area contributed by atoms with Crippen LogP contribution < -0.4 is 0 Å². The van der Waals surface area contributed by atoms with Crippen molar-refractivity contribution >= 4 is 11.9 Å². The lowest BCUT2D eigenvalue weighted by molar-refractivity contribution is -0.168. The van der Waals surface area contributed by atoms with E-state index in [9.17, 15) is 9.59 Å². The van der Waals surface area contributed by atoms with E-state index in [1.165, 1.54) is 25.7 Å². The van der Waals surface area contributed by atoms with Crippen LogP contribution in [0.1, 0.15) is 85.0 Å². The van der Waals surface area contributed by atoms with E-state index in [1.54, 1.807) is 0 Å². The molecule has 1 N–H and O–H groups in total. The number of hydrogen-bond acceptors (Lipinski definition) is 3. The zero-order valence-corrected chi connectivity index (χ0v) is 16.1. The van der Waals surface area contributed by atoms with Gasteiger partial charge in [0.15, 0.2) is 0 Å². The molecule has 0 aromatic rings. The zero-order valence-electron chi connectivity index (χ0n) is 16.1. The van der Waals surface area contributed by atoms with Crippen LogP contribution in [0.4, 0.5) is 0 Å². The number of carboxylic acid groups (broad SMARTS) is 1. The van der Waals surface area contributed by atoms with Crippen LogP contribution in [-0.4, -0.2) is 22.6 Å². The molecule has 0 amide bonds. The highest BCUT2D eigenvalue weighted by Gasteiger charge is 2.45. The summed E-state index contributed by atoms with van der Waals surface area (Å²) in [4.78, 5) is 22.8. The van der Waals surface area contributed by atoms with Crippen LogP contribution >= 0.6 is 0 Å². The van der Waals surface area contributed by atoms with Gasteiger partial charge in [0.1, 0.15) is 5.60 Å². The molecule has 0 saturated heterocycles. The largest absolute Gasteiger partial charge is 0.478 e. The second-order valence-corrected chi connectivity index (χ2v) is 8.61. The fourth-order valence-corrected chi connectivity index (χ4v) is 4.81. The van der Waals surface area contributed by atoms with Crippen LogP contribution in [-0.2, 0) is 14.3 Å². The molecular formula is C21H34O4. The van der Waals surface area contributed by atoms with Gasteiger partial charge in [-0.2, -0.15) is 0 Å². The van der Waals surface area contributed by atoms with Gasteiger partial charge in [-0.05, 0) is 68.6 Å². The third-order valence-electron chi connectivity index (χ3n) is 6.85. The number of aliphatic carboxylic acids is 1. The molecule has 0 aromatic heterocycles. The number of esters is 1. The van der Waals surface area contributed by atoms with Crippen molar-refractivity contribution in [2.24, 2.45) is 17.3 Å². The molecule has 4 nitrogen and oxygen atoms in total. The molecule has 0 bridgehead atoms. The van der Waals surface area contributed by atoms with Crippen LogP contribution in [0.2, 0.25) is 0 Å². The number of rotatable bonds is 6. The Hall–Kier alpha value is -1.32. The summed E-state index contributed by atoms with van der Waals surface area (Å²) >= 11 is 0. The van der Waals surface area contributed by atoms with E-state index in [0.717, 1.165) is 56.6 Å². The van der Waals surface area contributed by atoms with Gasteiger partial charge in [-0.15, -0.1) is 0 Å². The fourth-order valence-electron chi connectivity index (χ4n) is 4.81. The van der Waals surface area contributed by atoms with Crippen molar-refractivity contribution < 1.29 is 19.4 Å². The van der Waals surface area contributed by atoms with Crippen molar-refractivity contribution in [1.29, 1.82) is 0 Å². The lowest BCUT2D eigenvalue weighted by Gasteiger charge is -2.47. The summed E-state index contributed by atoms with van der Waals surface area (Å²) in [6, 6.07) is 0. The third-order valence-corrected chi connectivity index (χ3v) is 6.85. The van der Waals surface area contributed by atoms with Crippen molar-refractivity contribution in [3.8, 4) is 0 Å². The lowest BCUT2D eigenvalue weighted by atomic mass is 9.62. The molecule has 0 spiro atoms. The summed E-state index contributed by atoms with van der Waals surface area (Å²) in [5.41, 5.74) is 0.00506. The molecule has 0 atom stereocenters. The Morgan fingerprint density at radius 2 is 1.68 bits per heavy atom. The van der Waals surface area contributed by atoms with Crippen LogP contribution in [0.25, 0.3) is 0 Å². The first-order valence-electron chi connectivity index (χ1n) is 9.93. The highest BCUT2D eigenvalue weighted by molar-refractivity contribution is 5.90. The van der Waals surface area contributed by atoms with Gasteiger partial charge in [0.05, 0.1) is 0 Å². The van der Waals surface area contributed by atoms with E-state index < -0.39 is 11.9 Å². The smallest absolute Gasteiger partial charge is 0.331 e. The molecule has 0 aliphatic heterocycles. The van der Waals surface area contributed by atoms with Crippen molar-refractivity contribution in [2.45, 2.75) is 90.6 Å². The van der Waals surface area contributed by atoms with Gasteiger partial charge in [0, 0.05) is 12.2 Å². The maximum absolute atomic E-state index is 12.2. The lowest BCUT2D eigenvalue weighted by Crippen LogP contribution is -2.46. The van der Waals surface area contributed by atoms with Crippen LogP contribution in [0.5, 0.6) is 0 Å². The highest BCUT2D eigenvalue weighted by atomic mass is 16.6. The van der Waals surface area contributed by atoms with Crippen molar-refractivity contribution in [3.63, 3.8) is 0 Å². The summed E-state index contributed by atoms with van der Waals surface area (Å²) in [5.74, 6) is -0.451. The molecule has 0 unspecified atom stereocenters. The molecule has 0 heterocycles. The summed E-state index contributed by atoms with van der Waals surface area (Å²) in [7, 11) is 0. The molecule has 2 aliphatic rings. The Morgan fingerprint density at radius 1 is 1.08 bits per heavy atom. The zero-order chi connectivity index (χ0) is 18.5. The number of carbonyl (C=O) groups excluding carboxylic acids is 1.